The minimum Gasteiger partial charge on any atom is -0.354 e. The second kappa shape index (κ2) is 8.94. The van der Waals surface area contributed by atoms with Crippen LogP contribution in [0.15, 0.2) is 29.4 Å². The highest BCUT2D eigenvalue weighted by Crippen LogP contribution is 1.96. The van der Waals surface area contributed by atoms with Gasteiger partial charge < -0.3 is 15.5 Å². The van der Waals surface area contributed by atoms with Gasteiger partial charge in [0.25, 0.3) is 0 Å². The Hall–Kier alpha value is -2.11. The Morgan fingerprint density at radius 2 is 2.19 bits per heavy atom. The highest BCUT2D eigenvalue weighted by atomic mass is 16.2. The molecule has 6 nitrogen and oxygen atoms in total. The Labute approximate surface area is 126 Å². The quantitative estimate of drug-likeness (QED) is 0.606. The fraction of sp³-hybridized carbons (Fsp3) is 0.533. The molecule has 1 aromatic rings. The molecule has 0 aliphatic rings. The number of hydrogen-bond donors (Lipinski definition) is 2. The van der Waals surface area contributed by atoms with E-state index in [1.807, 2.05) is 18.2 Å². The molecule has 0 bridgehead atoms. The molecule has 1 unspecified atom stereocenters. The Bertz CT molecular complexity index is 458. The van der Waals surface area contributed by atoms with Crippen LogP contribution in [0.3, 0.4) is 0 Å². The Kier molecular flexibility index (Phi) is 7.21. The van der Waals surface area contributed by atoms with Crippen LogP contribution in [0, 0.1) is 0 Å². The number of hydrogen-bond acceptors (Lipinski definition) is 3. The maximum absolute atomic E-state index is 11.6. The molecular formula is C15H25N5O. The van der Waals surface area contributed by atoms with Crippen LogP contribution in [0.2, 0.25) is 0 Å². The van der Waals surface area contributed by atoms with Crippen molar-refractivity contribution in [2.24, 2.45) is 4.99 Å². The van der Waals surface area contributed by atoms with Crippen LogP contribution >= 0.6 is 0 Å². The van der Waals surface area contributed by atoms with Crippen LogP contribution in [0.25, 0.3) is 0 Å². The number of guanidine groups is 1. The number of carbonyl (C=O) groups is 1. The molecule has 116 valence electrons. The predicted octanol–water partition coefficient (Wildman–Crippen LogP) is 1.00. The molecule has 0 aromatic carbocycles. The highest BCUT2D eigenvalue weighted by molar-refractivity contribution is 5.86. The van der Waals surface area contributed by atoms with E-state index >= 15 is 0 Å². The number of nitrogens with zero attached hydrogens (tertiary/aromatic N) is 3. The molecule has 21 heavy (non-hydrogen) atoms. The van der Waals surface area contributed by atoms with Gasteiger partial charge in [0.15, 0.2) is 5.96 Å². The van der Waals surface area contributed by atoms with Crippen LogP contribution in [0.1, 0.15) is 26.0 Å². The standard InChI is InChI=1S/C15H25N5O/c1-5-12(2)19-15(18-11-14(21)20(3)4)17-10-13-8-6-7-9-16-13/h6-9,12H,5,10-11H2,1-4H3,(H2,17,18,19). The zero-order valence-corrected chi connectivity index (χ0v) is 13.3. The van der Waals surface area contributed by atoms with Crippen molar-refractivity contribution in [1.29, 1.82) is 0 Å². The van der Waals surface area contributed by atoms with Gasteiger partial charge in [0.2, 0.25) is 5.91 Å². The molecule has 0 aliphatic carbocycles. The second-order valence-corrected chi connectivity index (χ2v) is 5.08. The van der Waals surface area contributed by atoms with E-state index in [1.165, 1.54) is 0 Å². The van der Waals surface area contributed by atoms with E-state index in [4.69, 9.17) is 0 Å². The summed E-state index contributed by atoms with van der Waals surface area (Å²) in [4.78, 5) is 21.9. The summed E-state index contributed by atoms with van der Waals surface area (Å²) in [6.45, 7) is 4.87. The zero-order chi connectivity index (χ0) is 15.7. The van der Waals surface area contributed by atoms with Crippen molar-refractivity contribution < 1.29 is 4.79 Å². The Balaban J connectivity index is 2.65. The smallest absolute Gasteiger partial charge is 0.241 e. The molecule has 6 heteroatoms. The molecule has 2 N–H and O–H groups in total. The Morgan fingerprint density at radius 1 is 1.43 bits per heavy atom. The second-order valence-electron chi connectivity index (χ2n) is 5.08. The molecule has 0 saturated heterocycles. The molecule has 0 saturated carbocycles. The molecule has 1 amide bonds. The third-order valence-corrected chi connectivity index (χ3v) is 3.03. The number of aromatic nitrogens is 1. The first-order valence-electron chi connectivity index (χ1n) is 7.17. The van der Waals surface area contributed by atoms with Crippen LogP contribution < -0.4 is 10.6 Å². The minimum atomic E-state index is 0.00601. The molecule has 1 atom stereocenters. The van der Waals surface area contributed by atoms with Crippen molar-refractivity contribution in [2.75, 3.05) is 20.6 Å². The van der Waals surface area contributed by atoms with Gasteiger partial charge in [-0.1, -0.05) is 13.0 Å². The summed E-state index contributed by atoms with van der Waals surface area (Å²) in [5.74, 6) is 0.636. The first-order chi connectivity index (χ1) is 10.0. The highest BCUT2D eigenvalue weighted by Gasteiger charge is 2.07. The number of amides is 1. The SMILES string of the molecule is CCC(C)NC(=NCc1ccccn1)NCC(=O)N(C)C. The van der Waals surface area contributed by atoms with Crippen LogP contribution in [-0.2, 0) is 11.3 Å². The van der Waals surface area contributed by atoms with Crippen molar-refractivity contribution in [1.82, 2.24) is 20.5 Å². The Morgan fingerprint density at radius 3 is 2.76 bits per heavy atom. The monoisotopic (exact) mass is 291 g/mol. The lowest BCUT2D eigenvalue weighted by molar-refractivity contribution is -0.127. The molecule has 1 heterocycles. The van der Waals surface area contributed by atoms with Crippen molar-refractivity contribution in [3.63, 3.8) is 0 Å². The van der Waals surface area contributed by atoms with E-state index < -0.39 is 0 Å². The van der Waals surface area contributed by atoms with Gasteiger partial charge >= 0.3 is 0 Å². The average molecular weight is 291 g/mol. The van der Waals surface area contributed by atoms with Crippen molar-refractivity contribution in [3.05, 3.63) is 30.1 Å². The molecule has 1 rings (SSSR count). The van der Waals surface area contributed by atoms with Crippen molar-refractivity contribution in [2.45, 2.75) is 32.9 Å². The third-order valence-electron chi connectivity index (χ3n) is 3.03. The summed E-state index contributed by atoms with van der Waals surface area (Å²) < 4.78 is 0. The lowest BCUT2D eigenvalue weighted by Gasteiger charge is -2.18. The number of pyridine rings is 1. The van der Waals surface area contributed by atoms with Crippen molar-refractivity contribution in [3.8, 4) is 0 Å². The van der Waals surface area contributed by atoms with E-state index in [9.17, 15) is 4.79 Å². The summed E-state index contributed by atoms with van der Waals surface area (Å²) in [7, 11) is 3.47. The van der Waals surface area contributed by atoms with Gasteiger partial charge in [-0.05, 0) is 25.5 Å². The molecule has 0 spiro atoms. The predicted molar refractivity (Wildman–Crippen MR) is 85.0 cm³/mol. The van der Waals surface area contributed by atoms with Gasteiger partial charge in [-0.15, -0.1) is 0 Å². The topological polar surface area (TPSA) is 69.6 Å². The number of likely N-dealkylation sites (N-methyl/N-ethyl adjacent to an activating group) is 1. The number of aliphatic imine (C=N–C) groups is 1. The summed E-state index contributed by atoms with van der Waals surface area (Å²) in [6, 6.07) is 6.02. The number of rotatable bonds is 6. The maximum atomic E-state index is 11.6. The largest absolute Gasteiger partial charge is 0.354 e. The molecule has 0 fully saturated rings. The van der Waals surface area contributed by atoms with Crippen LogP contribution in [0.5, 0.6) is 0 Å². The van der Waals surface area contributed by atoms with E-state index in [0.717, 1.165) is 12.1 Å². The fourth-order valence-electron chi connectivity index (χ4n) is 1.46. The van der Waals surface area contributed by atoms with E-state index in [0.29, 0.717) is 12.5 Å². The molecule has 0 radical (unpaired) electrons. The molecule has 0 aliphatic heterocycles. The van der Waals surface area contributed by atoms with Gasteiger partial charge in [0, 0.05) is 26.3 Å². The van der Waals surface area contributed by atoms with Gasteiger partial charge in [0.1, 0.15) is 0 Å². The van der Waals surface area contributed by atoms with Gasteiger partial charge in [-0.2, -0.15) is 0 Å². The number of nitrogens with one attached hydrogen (secondary N) is 2. The van der Waals surface area contributed by atoms with E-state index in [-0.39, 0.29) is 18.5 Å². The average Bonchev–Trinajstić information content (AvgIpc) is 2.50. The van der Waals surface area contributed by atoms with E-state index in [2.05, 4.69) is 34.5 Å². The first kappa shape index (κ1) is 16.9. The first-order valence-corrected chi connectivity index (χ1v) is 7.17. The lowest BCUT2D eigenvalue weighted by Crippen LogP contribution is -2.45. The van der Waals surface area contributed by atoms with Crippen LogP contribution in [0.4, 0.5) is 0 Å². The lowest BCUT2D eigenvalue weighted by atomic mass is 10.3. The molecule has 1 aromatic heterocycles. The van der Waals surface area contributed by atoms with Crippen LogP contribution in [-0.4, -0.2) is 48.4 Å². The van der Waals surface area contributed by atoms with Gasteiger partial charge in [-0.25, -0.2) is 4.99 Å². The van der Waals surface area contributed by atoms with Gasteiger partial charge in [0.05, 0.1) is 18.8 Å². The number of carbonyl (C=O) groups excluding carboxylic acids is 1. The summed E-state index contributed by atoms with van der Waals surface area (Å²) in [6.07, 6.45) is 2.72. The van der Waals surface area contributed by atoms with E-state index in [1.54, 1.807) is 25.2 Å². The minimum absolute atomic E-state index is 0.00601. The van der Waals surface area contributed by atoms with Crippen molar-refractivity contribution >= 4 is 11.9 Å². The fourth-order valence-corrected chi connectivity index (χ4v) is 1.46. The van der Waals surface area contributed by atoms with Gasteiger partial charge in [-0.3, -0.25) is 9.78 Å². The summed E-state index contributed by atoms with van der Waals surface area (Å²) >= 11 is 0. The normalized spacial score (nSPS) is 12.7. The zero-order valence-electron chi connectivity index (χ0n) is 13.3. The maximum Gasteiger partial charge on any atom is 0.241 e. The summed E-state index contributed by atoms with van der Waals surface area (Å²) in [5.41, 5.74) is 0.890. The third kappa shape index (κ3) is 6.74. The molecular weight excluding hydrogens is 266 g/mol. The summed E-state index contributed by atoms with van der Waals surface area (Å²) in [5, 5.41) is 6.33.